The minimum absolute atomic E-state index is 0.0435. The van der Waals surface area contributed by atoms with Crippen LogP contribution in [0, 0.1) is 12.7 Å². The van der Waals surface area contributed by atoms with Crippen molar-refractivity contribution in [3.8, 4) is 5.75 Å². The molecule has 16 heavy (non-hydrogen) atoms. The van der Waals surface area contributed by atoms with E-state index in [1.165, 1.54) is 13.0 Å². The van der Waals surface area contributed by atoms with Crippen LogP contribution in [0.1, 0.15) is 42.3 Å². The second-order valence-corrected chi connectivity index (χ2v) is 4.81. The number of phenols is 1. The van der Waals surface area contributed by atoms with E-state index < -0.39 is 17.2 Å². The number of carboxylic acid groups (broad SMARTS) is 1. The van der Waals surface area contributed by atoms with Gasteiger partial charge in [0, 0.05) is 11.1 Å². The molecule has 0 aliphatic carbocycles. The van der Waals surface area contributed by atoms with Crippen molar-refractivity contribution in [3.05, 3.63) is 28.6 Å². The molecule has 0 heterocycles. The summed E-state index contributed by atoms with van der Waals surface area (Å²) in [6.07, 6.45) is 0. The van der Waals surface area contributed by atoms with E-state index in [4.69, 9.17) is 5.11 Å². The zero-order chi connectivity index (χ0) is 12.7. The van der Waals surface area contributed by atoms with Gasteiger partial charge in [-0.05, 0) is 18.4 Å². The molecule has 0 fully saturated rings. The zero-order valence-electron chi connectivity index (χ0n) is 9.76. The van der Waals surface area contributed by atoms with E-state index in [9.17, 15) is 14.3 Å². The van der Waals surface area contributed by atoms with Gasteiger partial charge in [-0.15, -0.1) is 0 Å². The number of benzene rings is 1. The number of aromatic hydroxyl groups is 1. The average Bonchev–Trinajstić information content (AvgIpc) is 2.09. The third-order valence-electron chi connectivity index (χ3n) is 2.52. The number of halogens is 1. The van der Waals surface area contributed by atoms with E-state index in [0.717, 1.165) is 0 Å². The highest BCUT2D eigenvalue weighted by atomic mass is 19.1. The van der Waals surface area contributed by atoms with Crippen molar-refractivity contribution in [1.29, 1.82) is 0 Å². The molecule has 0 atom stereocenters. The van der Waals surface area contributed by atoms with Gasteiger partial charge < -0.3 is 10.2 Å². The van der Waals surface area contributed by atoms with Crippen LogP contribution in [-0.4, -0.2) is 16.2 Å². The predicted octanol–water partition coefficient (Wildman–Crippen LogP) is 2.84. The zero-order valence-corrected chi connectivity index (χ0v) is 9.76. The number of rotatable bonds is 1. The fraction of sp³-hybridized carbons (Fsp3) is 0.417. The van der Waals surface area contributed by atoms with Gasteiger partial charge in [-0.25, -0.2) is 9.18 Å². The Balaban J connectivity index is 3.64. The summed E-state index contributed by atoms with van der Waals surface area (Å²) >= 11 is 0. The van der Waals surface area contributed by atoms with E-state index in [1.807, 2.05) is 0 Å². The van der Waals surface area contributed by atoms with Gasteiger partial charge in [0.2, 0.25) is 0 Å². The molecule has 0 aliphatic heterocycles. The lowest BCUT2D eigenvalue weighted by Gasteiger charge is -2.22. The molecule has 0 bridgehead atoms. The molecule has 0 unspecified atom stereocenters. The molecule has 0 aromatic heterocycles. The molecular weight excluding hydrogens is 211 g/mol. The van der Waals surface area contributed by atoms with Gasteiger partial charge in [0.05, 0.1) is 0 Å². The summed E-state index contributed by atoms with van der Waals surface area (Å²) in [5, 5.41) is 18.8. The van der Waals surface area contributed by atoms with Crippen LogP contribution in [0.15, 0.2) is 6.07 Å². The molecule has 0 saturated heterocycles. The Morgan fingerprint density at radius 2 is 1.88 bits per heavy atom. The third-order valence-corrected chi connectivity index (χ3v) is 2.52. The first-order valence-electron chi connectivity index (χ1n) is 4.92. The summed E-state index contributed by atoms with van der Waals surface area (Å²) in [5.41, 5.74) is -0.612. The molecular formula is C12H15FO3. The first kappa shape index (κ1) is 12.5. The fourth-order valence-electron chi connectivity index (χ4n) is 1.57. The highest BCUT2D eigenvalue weighted by Crippen LogP contribution is 2.36. The van der Waals surface area contributed by atoms with E-state index in [0.29, 0.717) is 5.56 Å². The van der Waals surface area contributed by atoms with Crippen LogP contribution < -0.4 is 0 Å². The molecule has 0 aliphatic rings. The summed E-state index contributed by atoms with van der Waals surface area (Å²) in [6.45, 7) is 6.68. The second kappa shape index (κ2) is 3.77. The number of hydrogen-bond donors (Lipinski definition) is 2. The predicted molar refractivity (Wildman–Crippen MR) is 58.5 cm³/mol. The molecule has 1 aromatic carbocycles. The monoisotopic (exact) mass is 226 g/mol. The Kier molecular flexibility index (Phi) is 2.95. The van der Waals surface area contributed by atoms with Gasteiger partial charge in [0.25, 0.3) is 0 Å². The van der Waals surface area contributed by atoms with Crippen molar-refractivity contribution in [2.75, 3.05) is 0 Å². The van der Waals surface area contributed by atoms with Crippen molar-refractivity contribution in [1.82, 2.24) is 0 Å². The fourth-order valence-corrected chi connectivity index (χ4v) is 1.57. The Hall–Kier alpha value is -1.58. The van der Waals surface area contributed by atoms with Gasteiger partial charge in [-0.1, -0.05) is 20.8 Å². The van der Waals surface area contributed by atoms with Crippen molar-refractivity contribution in [2.45, 2.75) is 33.1 Å². The number of aromatic carboxylic acids is 1. The molecule has 0 radical (unpaired) electrons. The highest BCUT2D eigenvalue weighted by molar-refractivity contribution is 5.93. The number of carboxylic acids is 1. The molecule has 1 aromatic rings. The van der Waals surface area contributed by atoms with Crippen LogP contribution in [0.4, 0.5) is 4.39 Å². The average molecular weight is 226 g/mol. The minimum Gasteiger partial charge on any atom is -0.507 e. The summed E-state index contributed by atoms with van der Waals surface area (Å²) in [6, 6.07) is 1.19. The van der Waals surface area contributed by atoms with Crippen LogP contribution in [0.25, 0.3) is 0 Å². The van der Waals surface area contributed by atoms with Crippen LogP contribution in [0.2, 0.25) is 0 Å². The molecule has 2 N–H and O–H groups in total. The molecule has 4 heteroatoms. The number of carbonyl (C=O) groups is 1. The summed E-state index contributed by atoms with van der Waals surface area (Å²) in [5.74, 6) is -2.28. The van der Waals surface area contributed by atoms with Crippen molar-refractivity contribution in [3.63, 3.8) is 0 Å². The maximum absolute atomic E-state index is 13.5. The summed E-state index contributed by atoms with van der Waals surface area (Å²) < 4.78 is 13.5. The van der Waals surface area contributed by atoms with Gasteiger partial charge in [0.1, 0.15) is 17.1 Å². The second-order valence-electron chi connectivity index (χ2n) is 4.81. The lowest BCUT2D eigenvalue weighted by Crippen LogP contribution is -2.15. The summed E-state index contributed by atoms with van der Waals surface area (Å²) in [7, 11) is 0. The summed E-state index contributed by atoms with van der Waals surface area (Å²) in [4.78, 5) is 10.9. The van der Waals surface area contributed by atoms with E-state index in [1.54, 1.807) is 20.8 Å². The molecule has 0 amide bonds. The molecule has 0 spiro atoms. The van der Waals surface area contributed by atoms with Crippen molar-refractivity contribution >= 4 is 5.97 Å². The van der Waals surface area contributed by atoms with Crippen LogP contribution in [0.5, 0.6) is 5.75 Å². The van der Waals surface area contributed by atoms with Gasteiger partial charge in [0.15, 0.2) is 0 Å². The first-order chi connectivity index (χ1) is 7.16. The first-order valence-corrected chi connectivity index (χ1v) is 4.92. The van der Waals surface area contributed by atoms with Crippen molar-refractivity contribution in [2.24, 2.45) is 0 Å². The molecule has 0 saturated carbocycles. The van der Waals surface area contributed by atoms with E-state index in [-0.39, 0.29) is 16.9 Å². The SMILES string of the molecule is Cc1c(F)cc(C(C)(C)C)c(O)c1C(=O)O. The minimum atomic E-state index is -1.32. The lowest BCUT2D eigenvalue weighted by molar-refractivity contribution is 0.0692. The maximum atomic E-state index is 13.5. The Morgan fingerprint density at radius 1 is 1.38 bits per heavy atom. The smallest absolute Gasteiger partial charge is 0.339 e. The van der Waals surface area contributed by atoms with Gasteiger partial charge in [-0.2, -0.15) is 0 Å². The van der Waals surface area contributed by atoms with Gasteiger partial charge >= 0.3 is 5.97 Å². The largest absolute Gasteiger partial charge is 0.507 e. The van der Waals surface area contributed by atoms with E-state index in [2.05, 4.69) is 0 Å². The Bertz CT molecular complexity index is 445. The van der Waals surface area contributed by atoms with E-state index >= 15 is 0 Å². The van der Waals surface area contributed by atoms with Crippen molar-refractivity contribution < 1.29 is 19.4 Å². The number of hydrogen-bond acceptors (Lipinski definition) is 2. The normalized spacial score (nSPS) is 11.6. The highest BCUT2D eigenvalue weighted by Gasteiger charge is 2.26. The standard InChI is InChI=1S/C12H15FO3/c1-6-8(13)5-7(12(2,3)4)10(14)9(6)11(15)16/h5,14H,1-4H3,(H,15,16). The maximum Gasteiger partial charge on any atom is 0.339 e. The Labute approximate surface area is 93.5 Å². The lowest BCUT2D eigenvalue weighted by atomic mass is 9.84. The van der Waals surface area contributed by atoms with Crippen LogP contribution in [0.3, 0.4) is 0 Å². The van der Waals surface area contributed by atoms with Crippen LogP contribution in [-0.2, 0) is 5.41 Å². The van der Waals surface area contributed by atoms with Crippen LogP contribution >= 0.6 is 0 Å². The molecule has 1 rings (SSSR count). The quantitative estimate of drug-likeness (QED) is 0.774. The molecule has 88 valence electrons. The van der Waals surface area contributed by atoms with Gasteiger partial charge in [-0.3, -0.25) is 0 Å². The third kappa shape index (κ3) is 2.01. The Morgan fingerprint density at radius 3 is 2.25 bits per heavy atom. The topological polar surface area (TPSA) is 57.5 Å². The molecule has 3 nitrogen and oxygen atoms in total.